The van der Waals surface area contributed by atoms with Gasteiger partial charge in [-0.3, -0.25) is 4.68 Å². The predicted octanol–water partition coefficient (Wildman–Crippen LogP) is 0.819. The molecule has 6 nitrogen and oxygen atoms in total. The Kier molecular flexibility index (Phi) is 4.82. The van der Waals surface area contributed by atoms with Crippen LogP contribution in [0.4, 0.5) is 0 Å². The topological polar surface area (TPSA) is 67.2 Å². The number of sulfonamides is 1. The molecular weight excluding hydrogens is 276 g/mol. The van der Waals surface area contributed by atoms with Crippen LogP contribution in [0, 0.1) is 5.92 Å². The molecule has 0 amide bonds. The first-order valence-corrected chi connectivity index (χ1v) is 8.56. The molecule has 0 spiro atoms. The first-order valence-electron chi connectivity index (χ1n) is 7.12. The van der Waals surface area contributed by atoms with Gasteiger partial charge in [-0.05, 0) is 45.7 Å². The van der Waals surface area contributed by atoms with Crippen molar-refractivity contribution >= 4 is 10.0 Å². The zero-order chi connectivity index (χ0) is 14.8. The molecule has 0 saturated carbocycles. The highest BCUT2D eigenvalue weighted by molar-refractivity contribution is 7.89. The maximum Gasteiger partial charge on any atom is 0.246 e. The van der Waals surface area contributed by atoms with Gasteiger partial charge in [0.25, 0.3) is 0 Å². The Morgan fingerprint density at radius 1 is 1.55 bits per heavy atom. The molecule has 1 saturated heterocycles. The Morgan fingerprint density at radius 3 is 2.80 bits per heavy atom. The second-order valence-electron chi connectivity index (χ2n) is 5.73. The van der Waals surface area contributed by atoms with Crippen molar-refractivity contribution in [3.8, 4) is 0 Å². The quantitative estimate of drug-likeness (QED) is 0.874. The number of nitrogens with one attached hydrogen (secondary N) is 1. The highest BCUT2D eigenvalue weighted by Gasteiger charge is 2.30. The van der Waals surface area contributed by atoms with Crippen molar-refractivity contribution in [2.24, 2.45) is 13.0 Å². The maximum absolute atomic E-state index is 12.7. The standard InChI is InChI=1S/C13H24N4O2S/c1-11(2)17(9-12-5-4-6-14-7-12)20(18,19)13-8-15-16(3)10-13/h8,10-12,14H,4-7,9H2,1-3H3. The van der Waals surface area contributed by atoms with Gasteiger partial charge in [0.05, 0.1) is 6.20 Å². The second kappa shape index (κ2) is 6.24. The van der Waals surface area contributed by atoms with E-state index in [1.807, 2.05) is 13.8 Å². The van der Waals surface area contributed by atoms with E-state index >= 15 is 0 Å². The highest BCUT2D eigenvalue weighted by atomic mass is 32.2. The normalized spacial score (nSPS) is 20.8. The van der Waals surface area contributed by atoms with Gasteiger partial charge in [0.15, 0.2) is 0 Å². The molecule has 0 bridgehead atoms. The van der Waals surface area contributed by atoms with Crippen LogP contribution in [-0.4, -0.2) is 48.2 Å². The fraction of sp³-hybridized carbons (Fsp3) is 0.769. The van der Waals surface area contributed by atoms with E-state index in [4.69, 9.17) is 0 Å². The lowest BCUT2D eigenvalue weighted by Gasteiger charge is -2.31. The summed E-state index contributed by atoms with van der Waals surface area (Å²) in [5.74, 6) is 0.387. The van der Waals surface area contributed by atoms with Crippen LogP contribution < -0.4 is 5.32 Å². The average Bonchev–Trinajstić information content (AvgIpc) is 2.84. The van der Waals surface area contributed by atoms with Crippen LogP contribution in [0.1, 0.15) is 26.7 Å². The zero-order valence-electron chi connectivity index (χ0n) is 12.4. The van der Waals surface area contributed by atoms with Crippen molar-refractivity contribution in [1.82, 2.24) is 19.4 Å². The molecule has 114 valence electrons. The summed E-state index contributed by atoms with van der Waals surface area (Å²) in [6.07, 6.45) is 5.18. The summed E-state index contributed by atoms with van der Waals surface area (Å²) in [7, 11) is -1.73. The predicted molar refractivity (Wildman–Crippen MR) is 77.8 cm³/mol. The molecule has 1 unspecified atom stereocenters. The summed E-state index contributed by atoms with van der Waals surface area (Å²) in [6, 6.07) is -0.0536. The summed E-state index contributed by atoms with van der Waals surface area (Å²) in [5.41, 5.74) is 0. The van der Waals surface area contributed by atoms with Crippen LogP contribution in [0.3, 0.4) is 0 Å². The lowest BCUT2D eigenvalue weighted by Crippen LogP contribution is -2.44. The average molecular weight is 300 g/mol. The van der Waals surface area contributed by atoms with Gasteiger partial charge in [0.1, 0.15) is 4.90 Å². The van der Waals surface area contributed by atoms with Gasteiger partial charge >= 0.3 is 0 Å². The molecule has 1 aliphatic rings. The largest absolute Gasteiger partial charge is 0.316 e. The molecule has 2 rings (SSSR count). The Bertz CT molecular complexity index is 532. The van der Waals surface area contributed by atoms with Gasteiger partial charge in [-0.2, -0.15) is 9.40 Å². The Labute approximate surface area is 121 Å². The molecule has 1 atom stereocenters. The Hall–Kier alpha value is -0.920. The summed E-state index contributed by atoms with van der Waals surface area (Å²) in [6.45, 7) is 6.34. The molecular formula is C13H24N4O2S. The first kappa shape index (κ1) is 15.5. The van der Waals surface area contributed by atoms with Crippen molar-refractivity contribution in [2.45, 2.75) is 37.6 Å². The number of hydrogen-bond donors (Lipinski definition) is 1. The van der Waals surface area contributed by atoms with Gasteiger partial charge in [-0.25, -0.2) is 8.42 Å². The molecule has 0 aromatic carbocycles. The van der Waals surface area contributed by atoms with E-state index in [0.29, 0.717) is 12.5 Å². The molecule has 20 heavy (non-hydrogen) atoms. The molecule has 1 N–H and O–H groups in total. The van der Waals surface area contributed by atoms with Crippen LogP contribution in [0.2, 0.25) is 0 Å². The minimum atomic E-state index is -3.46. The number of aryl methyl sites for hydroxylation is 1. The number of aromatic nitrogens is 2. The summed E-state index contributed by atoms with van der Waals surface area (Å²) < 4.78 is 28.5. The third-order valence-electron chi connectivity index (χ3n) is 3.70. The second-order valence-corrected chi connectivity index (χ2v) is 7.62. The minimum absolute atomic E-state index is 0.0536. The van der Waals surface area contributed by atoms with Crippen LogP contribution >= 0.6 is 0 Å². The molecule has 0 aliphatic carbocycles. The summed E-state index contributed by atoms with van der Waals surface area (Å²) in [4.78, 5) is 0.275. The smallest absolute Gasteiger partial charge is 0.246 e. The van der Waals surface area contributed by atoms with Crippen LogP contribution in [-0.2, 0) is 17.1 Å². The Morgan fingerprint density at radius 2 is 2.30 bits per heavy atom. The van der Waals surface area contributed by atoms with Crippen molar-refractivity contribution in [3.63, 3.8) is 0 Å². The molecule has 1 aliphatic heterocycles. The van der Waals surface area contributed by atoms with Crippen molar-refractivity contribution in [1.29, 1.82) is 0 Å². The van der Waals surface area contributed by atoms with Gasteiger partial charge in [-0.15, -0.1) is 0 Å². The number of nitrogens with zero attached hydrogens (tertiary/aromatic N) is 3. The number of piperidine rings is 1. The maximum atomic E-state index is 12.7. The fourth-order valence-electron chi connectivity index (χ4n) is 2.59. The van der Waals surface area contributed by atoms with E-state index in [1.54, 1.807) is 17.5 Å². The number of hydrogen-bond acceptors (Lipinski definition) is 4. The fourth-order valence-corrected chi connectivity index (χ4v) is 4.29. The lowest BCUT2D eigenvalue weighted by atomic mass is 9.99. The minimum Gasteiger partial charge on any atom is -0.316 e. The van der Waals surface area contributed by atoms with Crippen LogP contribution in [0.25, 0.3) is 0 Å². The SMILES string of the molecule is CC(C)N(CC1CCCNC1)S(=O)(=O)c1cnn(C)c1. The Balaban J connectivity index is 2.19. The van der Waals surface area contributed by atoms with E-state index in [9.17, 15) is 8.42 Å². The highest BCUT2D eigenvalue weighted by Crippen LogP contribution is 2.21. The molecule has 1 aromatic rings. The van der Waals surface area contributed by atoms with Crippen LogP contribution in [0.15, 0.2) is 17.3 Å². The molecule has 1 aromatic heterocycles. The third-order valence-corrected chi connectivity index (χ3v) is 5.70. The van der Waals surface area contributed by atoms with E-state index in [0.717, 1.165) is 25.9 Å². The molecule has 0 radical (unpaired) electrons. The van der Waals surface area contributed by atoms with E-state index < -0.39 is 10.0 Å². The van der Waals surface area contributed by atoms with E-state index in [1.165, 1.54) is 10.9 Å². The van der Waals surface area contributed by atoms with Crippen molar-refractivity contribution < 1.29 is 8.42 Å². The molecule has 7 heteroatoms. The monoisotopic (exact) mass is 300 g/mol. The van der Waals surface area contributed by atoms with Gasteiger partial charge in [0.2, 0.25) is 10.0 Å². The van der Waals surface area contributed by atoms with Gasteiger partial charge in [-0.1, -0.05) is 0 Å². The lowest BCUT2D eigenvalue weighted by molar-refractivity contribution is 0.264. The zero-order valence-corrected chi connectivity index (χ0v) is 13.2. The van der Waals surface area contributed by atoms with Crippen LogP contribution in [0.5, 0.6) is 0 Å². The number of rotatable bonds is 5. The van der Waals surface area contributed by atoms with Gasteiger partial charge in [0, 0.05) is 25.8 Å². The van der Waals surface area contributed by atoms with Crippen molar-refractivity contribution in [3.05, 3.63) is 12.4 Å². The van der Waals surface area contributed by atoms with Crippen molar-refractivity contribution in [2.75, 3.05) is 19.6 Å². The molecule has 2 heterocycles. The van der Waals surface area contributed by atoms with E-state index in [2.05, 4.69) is 10.4 Å². The van der Waals surface area contributed by atoms with Gasteiger partial charge < -0.3 is 5.32 Å². The molecule has 1 fully saturated rings. The third kappa shape index (κ3) is 3.39. The first-order chi connectivity index (χ1) is 9.41. The summed E-state index contributed by atoms with van der Waals surface area (Å²) >= 11 is 0. The van der Waals surface area contributed by atoms with E-state index in [-0.39, 0.29) is 10.9 Å². The summed E-state index contributed by atoms with van der Waals surface area (Å²) in [5, 5.41) is 7.31.